The first-order valence-corrected chi connectivity index (χ1v) is 9.63. The van der Waals surface area contributed by atoms with Crippen LogP contribution in [0.4, 0.5) is 0 Å². The van der Waals surface area contributed by atoms with Crippen LogP contribution >= 0.6 is 0 Å². The van der Waals surface area contributed by atoms with E-state index in [9.17, 15) is 0 Å². The van der Waals surface area contributed by atoms with Crippen molar-refractivity contribution in [2.45, 2.75) is 58.2 Å². The van der Waals surface area contributed by atoms with Gasteiger partial charge in [0.2, 0.25) is 0 Å². The van der Waals surface area contributed by atoms with Gasteiger partial charge in [0.25, 0.3) is 0 Å². The summed E-state index contributed by atoms with van der Waals surface area (Å²) in [5.41, 5.74) is 7.52. The Bertz CT molecular complexity index is 508. The SMILES string of the molecule is [C+]#Cc1ccc(C#C[Si](C(C)C)(C(C)C)C(C)C)cc1. The first kappa shape index (κ1) is 16.8. The van der Waals surface area contributed by atoms with Crippen LogP contribution in [0.2, 0.25) is 16.6 Å². The summed E-state index contributed by atoms with van der Waals surface area (Å²) in [6.45, 7) is 14.0. The normalized spacial score (nSPS) is 11.6. The standard InChI is InChI=1S/C19H25Si/c1-8-18-9-11-19(12-10-18)13-14-20(15(2)3,16(4)5)17(6)7/h9-12,15-17H,2-7H3/q+1. The summed E-state index contributed by atoms with van der Waals surface area (Å²) in [4.78, 5) is 0. The molecule has 0 bridgehead atoms. The van der Waals surface area contributed by atoms with Crippen LogP contribution in [-0.4, -0.2) is 8.07 Å². The van der Waals surface area contributed by atoms with Crippen LogP contribution in [0.25, 0.3) is 0 Å². The second kappa shape index (κ2) is 6.98. The van der Waals surface area contributed by atoms with Crippen molar-refractivity contribution in [1.29, 1.82) is 0 Å². The Morgan fingerprint density at radius 1 is 0.800 bits per heavy atom. The quantitative estimate of drug-likeness (QED) is 0.406. The zero-order chi connectivity index (χ0) is 15.3. The van der Waals surface area contributed by atoms with E-state index in [4.69, 9.17) is 6.42 Å². The Kier molecular flexibility index (Phi) is 5.87. The van der Waals surface area contributed by atoms with E-state index in [2.05, 4.69) is 58.9 Å². The molecule has 0 aliphatic heterocycles. The van der Waals surface area contributed by atoms with Gasteiger partial charge in [0.15, 0.2) is 0 Å². The molecule has 104 valence electrons. The third-order valence-electron chi connectivity index (χ3n) is 4.32. The molecule has 0 N–H and O–H groups in total. The maximum atomic E-state index is 7.10. The van der Waals surface area contributed by atoms with Gasteiger partial charge in [0.05, 0.1) is 0 Å². The van der Waals surface area contributed by atoms with E-state index in [0.717, 1.165) is 11.1 Å². The Balaban J connectivity index is 3.20. The molecule has 0 saturated carbocycles. The summed E-state index contributed by atoms with van der Waals surface area (Å²) < 4.78 is 0. The van der Waals surface area contributed by atoms with E-state index < -0.39 is 8.07 Å². The Hall–Kier alpha value is -1.22. The van der Waals surface area contributed by atoms with Crippen molar-refractivity contribution >= 4 is 8.07 Å². The van der Waals surface area contributed by atoms with Gasteiger partial charge >= 0.3 is 125 Å². The molecule has 0 radical (unpaired) electrons. The minimum atomic E-state index is -1.65. The van der Waals surface area contributed by atoms with E-state index in [-0.39, 0.29) is 0 Å². The van der Waals surface area contributed by atoms with E-state index in [1.54, 1.807) is 0 Å². The van der Waals surface area contributed by atoms with Gasteiger partial charge in [-0.2, -0.15) is 0 Å². The molecule has 0 fully saturated rings. The molecule has 0 amide bonds. The van der Waals surface area contributed by atoms with E-state index in [1.807, 2.05) is 24.3 Å². The van der Waals surface area contributed by atoms with Gasteiger partial charge in [-0.1, -0.05) is 0 Å². The average molecular weight is 281 g/mol. The molecule has 0 atom stereocenters. The fourth-order valence-corrected chi connectivity index (χ4v) is 8.48. The molecule has 0 spiro atoms. The summed E-state index contributed by atoms with van der Waals surface area (Å²) in [6, 6.07) is 7.79. The second-order valence-corrected chi connectivity index (χ2v) is 11.9. The summed E-state index contributed by atoms with van der Waals surface area (Å²) in [5.74, 6) is 5.80. The summed E-state index contributed by atoms with van der Waals surface area (Å²) in [7, 11) is -1.65. The van der Waals surface area contributed by atoms with Crippen LogP contribution in [-0.2, 0) is 0 Å². The van der Waals surface area contributed by atoms with Crippen molar-refractivity contribution < 1.29 is 0 Å². The van der Waals surface area contributed by atoms with E-state index in [0.29, 0.717) is 16.6 Å². The molecule has 0 aliphatic carbocycles. The number of hydrogen-bond donors (Lipinski definition) is 0. The van der Waals surface area contributed by atoms with Gasteiger partial charge < -0.3 is 0 Å². The maximum absolute atomic E-state index is 7.10. The summed E-state index contributed by atoms with van der Waals surface area (Å²) in [5, 5.41) is 0. The van der Waals surface area contributed by atoms with Crippen LogP contribution in [0.1, 0.15) is 52.7 Å². The summed E-state index contributed by atoms with van der Waals surface area (Å²) >= 11 is 0. The van der Waals surface area contributed by atoms with Crippen LogP contribution in [0.5, 0.6) is 0 Å². The first-order chi connectivity index (χ1) is 9.34. The molecule has 1 heteroatoms. The van der Waals surface area contributed by atoms with Gasteiger partial charge in [-0.25, -0.2) is 0 Å². The molecular weight excluding hydrogens is 256 g/mol. The van der Waals surface area contributed by atoms with Crippen molar-refractivity contribution in [1.82, 2.24) is 0 Å². The molecule has 0 heterocycles. The van der Waals surface area contributed by atoms with Crippen molar-refractivity contribution in [3.63, 3.8) is 0 Å². The minimum absolute atomic E-state index is 0.657. The van der Waals surface area contributed by atoms with Gasteiger partial charge in [0.1, 0.15) is 0 Å². The Morgan fingerprint density at radius 2 is 1.20 bits per heavy atom. The molecule has 1 aromatic carbocycles. The molecule has 0 aliphatic rings. The Morgan fingerprint density at radius 3 is 1.55 bits per heavy atom. The number of rotatable bonds is 3. The Labute approximate surface area is 126 Å². The second-order valence-electron chi connectivity index (χ2n) is 6.35. The van der Waals surface area contributed by atoms with Crippen LogP contribution in [0.15, 0.2) is 24.3 Å². The van der Waals surface area contributed by atoms with Gasteiger partial charge in [0, 0.05) is 0 Å². The van der Waals surface area contributed by atoms with Gasteiger partial charge in [-0.05, 0) is 0 Å². The van der Waals surface area contributed by atoms with E-state index >= 15 is 0 Å². The van der Waals surface area contributed by atoms with Crippen LogP contribution in [0.3, 0.4) is 0 Å². The molecule has 1 rings (SSSR count). The zero-order valence-electron chi connectivity index (χ0n) is 13.5. The average Bonchev–Trinajstić information content (AvgIpc) is 2.38. The summed E-state index contributed by atoms with van der Waals surface area (Å²) in [6.07, 6.45) is 7.10. The fourth-order valence-electron chi connectivity index (χ4n) is 3.25. The van der Waals surface area contributed by atoms with Gasteiger partial charge in [-0.15, -0.1) is 0 Å². The van der Waals surface area contributed by atoms with Crippen molar-refractivity contribution in [3.05, 3.63) is 41.8 Å². The van der Waals surface area contributed by atoms with Crippen molar-refractivity contribution in [2.24, 2.45) is 0 Å². The molecule has 0 unspecified atom stereocenters. The molecule has 0 aromatic heterocycles. The fraction of sp³-hybridized carbons (Fsp3) is 0.474. The first-order valence-electron chi connectivity index (χ1n) is 7.40. The molecule has 20 heavy (non-hydrogen) atoms. The topological polar surface area (TPSA) is 0 Å². The predicted molar refractivity (Wildman–Crippen MR) is 90.6 cm³/mol. The zero-order valence-corrected chi connectivity index (χ0v) is 14.5. The molecular formula is C19H25Si+. The third-order valence-corrected chi connectivity index (χ3v) is 10.6. The molecule has 0 saturated heterocycles. The third kappa shape index (κ3) is 3.45. The molecule has 0 nitrogen and oxygen atoms in total. The molecule has 1 aromatic rings. The van der Waals surface area contributed by atoms with Gasteiger partial charge in [-0.3, -0.25) is 0 Å². The number of hydrogen-bond acceptors (Lipinski definition) is 0. The predicted octanol–water partition coefficient (Wildman–Crippen LogP) is 5.19. The van der Waals surface area contributed by atoms with Crippen LogP contribution < -0.4 is 0 Å². The van der Waals surface area contributed by atoms with E-state index in [1.165, 1.54) is 0 Å². The van der Waals surface area contributed by atoms with Crippen molar-refractivity contribution in [2.75, 3.05) is 0 Å². The number of benzene rings is 1. The van der Waals surface area contributed by atoms with Crippen LogP contribution in [0, 0.1) is 23.8 Å². The van der Waals surface area contributed by atoms with Crippen molar-refractivity contribution in [3.8, 4) is 17.4 Å². The monoisotopic (exact) mass is 281 g/mol.